The highest BCUT2D eigenvalue weighted by molar-refractivity contribution is 6.06. The third-order valence-corrected chi connectivity index (χ3v) is 3.28. The number of aliphatic hydroxyl groups excluding tert-OH is 1. The molecule has 2 aromatic heterocycles. The minimum Gasteiger partial charge on any atom is -0.497 e. The number of benzene rings is 1. The summed E-state index contributed by atoms with van der Waals surface area (Å²) in [6.45, 7) is 0.142. The van der Waals surface area contributed by atoms with Gasteiger partial charge in [-0.2, -0.15) is 0 Å². The number of imidazole rings is 1. The fraction of sp³-hybridized carbons (Fsp3) is 0.286. The smallest absolute Gasteiger partial charge is 0.152 e. The number of aliphatic hydroxyl groups is 1. The van der Waals surface area contributed by atoms with Gasteiger partial charge >= 0.3 is 0 Å². The van der Waals surface area contributed by atoms with Gasteiger partial charge in [-0.15, -0.1) is 0 Å². The Labute approximate surface area is 115 Å². The van der Waals surface area contributed by atoms with Crippen molar-refractivity contribution in [2.75, 3.05) is 19.5 Å². The molecule has 0 radical (unpaired) electrons. The van der Waals surface area contributed by atoms with Crippen LogP contribution in [0.5, 0.6) is 5.75 Å². The van der Waals surface area contributed by atoms with E-state index in [0.717, 1.165) is 28.0 Å². The van der Waals surface area contributed by atoms with Gasteiger partial charge in [0.05, 0.1) is 18.1 Å². The van der Waals surface area contributed by atoms with Gasteiger partial charge in [-0.3, -0.25) is 0 Å². The van der Waals surface area contributed by atoms with Gasteiger partial charge in [-0.1, -0.05) is 0 Å². The Morgan fingerprint density at radius 2 is 2.20 bits per heavy atom. The number of ether oxygens (including phenoxy) is 1. The summed E-state index contributed by atoms with van der Waals surface area (Å²) in [6.07, 6.45) is 1.35. The molecule has 6 nitrogen and oxygen atoms in total. The monoisotopic (exact) mass is 272 g/mol. The number of aromatic amines is 1. The van der Waals surface area contributed by atoms with E-state index in [4.69, 9.17) is 15.6 Å². The van der Waals surface area contributed by atoms with Crippen molar-refractivity contribution in [1.29, 1.82) is 0 Å². The van der Waals surface area contributed by atoms with Gasteiger partial charge in [-0.25, -0.2) is 9.97 Å². The second-order valence-electron chi connectivity index (χ2n) is 4.61. The number of hydrogen-bond acceptors (Lipinski definition) is 5. The van der Waals surface area contributed by atoms with Crippen molar-refractivity contribution in [3.63, 3.8) is 0 Å². The summed E-state index contributed by atoms with van der Waals surface area (Å²) in [6, 6.07) is 5.67. The molecule has 6 heteroatoms. The van der Waals surface area contributed by atoms with Gasteiger partial charge in [0.15, 0.2) is 5.82 Å². The molecule has 3 aromatic rings. The first-order chi connectivity index (χ1) is 9.72. The first kappa shape index (κ1) is 12.7. The van der Waals surface area contributed by atoms with E-state index in [9.17, 15) is 0 Å². The van der Waals surface area contributed by atoms with Crippen molar-refractivity contribution < 1.29 is 9.84 Å². The maximum absolute atomic E-state index is 8.89. The summed E-state index contributed by atoms with van der Waals surface area (Å²) in [4.78, 5) is 12.1. The molecule has 2 heterocycles. The van der Waals surface area contributed by atoms with Crippen molar-refractivity contribution in [2.24, 2.45) is 0 Å². The van der Waals surface area contributed by atoms with Crippen molar-refractivity contribution >= 4 is 27.8 Å². The topological polar surface area (TPSA) is 97.1 Å². The number of H-pyrrole nitrogens is 1. The van der Waals surface area contributed by atoms with Crippen molar-refractivity contribution in [3.8, 4) is 5.75 Å². The number of fused-ring (bicyclic) bond motifs is 3. The Kier molecular flexibility index (Phi) is 3.15. The molecule has 0 aliphatic heterocycles. The van der Waals surface area contributed by atoms with Crippen LogP contribution in [0, 0.1) is 0 Å². The van der Waals surface area contributed by atoms with Crippen LogP contribution in [0.2, 0.25) is 0 Å². The molecular weight excluding hydrogens is 256 g/mol. The van der Waals surface area contributed by atoms with Gasteiger partial charge in [0.1, 0.15) is 17.1 Å². The van der Waals surface area contributed by atoms with Crippen molar-refractivity contribution in [2.45, 2.75) is 12.8 Å². The molecule has 0 bridgehead atoms. The zero-order valence-electron chi connectivity index (χ0n) is 11.2. The van der Waals surface area contributed by atoms with Gasteiger partial charge < -0.3 is 20.6 Å². The Bertz CT molecular complexity index is 767. The largest absolute Gasteiger partial charge is 0.497 e. The highest BCUT2D eigenvalue weighted by Gasteiger charge is 2.12. The normalized spacial score (nSPS) is 11.3. The lowest BCUT2D eigenvalue weighted by molar-refractivity contribution is 0.287. The Morgan fingerprint density at radius 3 is 2.95 bits per heavy atom. The molecule has 0 fully saturated rings. The predicted octanol–water partition coefficient (Wildman–Crippen LogP) is 1.63. The minimum absolute atomic E-state index is 0.142. The number of rotatable bonds is 4. The summed E-state index contributed by atoms with van der Waals surface area (Å²) < 4.78 is 5.20. The number of nitrogens with zero attached hydrogens (tertiary/aromatic N) is 2. The second kappa shape index (κ2) is 4.97. The Morgan fingerprint density at radius 1 is 1.35 bits per heavy atom. The number of anilines is 1. The number of nitrogens with one attached hydrogen (secondary N) is 1. The third-order valence-electron chi connectivity index (χ3n) is 3.28. The highest BCUT2D eigenvalue weighted by Crippen LogP contribution is 2.28. The number of aryl methyl sites for hydroxylation is 1. The molecule has 20 heavy (non-hydrogen) atoms. The van der Waals surface area contributed by atoms with Crippen LogP contribution < -0.4 is 10.5 Å². The molecule has 0 amide bonds. The quantitative estimate of drug-likeness (QED) is 0.670. The van der Waals surface area contributed by atoms with E-state index in [2.05, 4.69) is 15.0 Å². The van der Waals surface area contributed by atoms with E-state index in [1.165, 1.54) is 0 Å². The van der Waals surface area contributed by atoms with Crippen LogP contribution in [0.3, 0.4) is 0 Å². The number of hydrogen-bond donors (Lipinski definition) is 3. The number of nitrogen functional groups attached to an aromatic ring is 1. The molecule has 0 unspecified atom stereocenters. The fourth-order valence-corrected chi connectivity index (χ4v) is 2.29. The number of methoxy groups -OCH3 is 1. The van der Waals surface area contributed by atoms with Crippen LogP contribution in [0.15, 0.2) is 18.2 Å². The molecule has 104 valence electrons. The van der Waals surface area contributed by atoms with E-state index >= 15 is 0 Å². The van der Waals surface area contributed by atoms with Crippen LogP contribution in [0.25, 0.3) is 21.9 Å². The summed E-state index contributed by atoms with van der Waals surface area (Å²) in [5, 5.41) is 9.85. The van der Waals surface area contributed by atoms with E-state index in [1.807, 2.05) is 18.2 Å². The van der Waals surface area contributed by atoms with Gasteiger partial charge in [-0.05, 0) is 18.6 Å². The molecule has 0 aliphatic rings. The number of pyridine rings is 1. The summed E-state index contributed by atoms with van der Waals surface area (Å²) >= 11 is 0. The van der Waals surface area contributed by atoms with E-state index in [1.54, 1.807) is 7.11 Å². The highest BCUT2D eigenvalue weighted by atomic mass is 16.5. The van der Waals surface area contributed by atoms with E-state index < -0.39 is 0 Å². The standard InChI is InChI=1S/C14H16N4O2/c1-20-8-4-5-9-10(7-8)16-14(15)13-12(9)17-11(18-13)3-2-6-19/h4-5,7,19H,2-3,6H2,1H3,(H2,15,16)(H,17,18). The fourth-order valence-electron chi connectivity index (χ4n) is 2.29. The number of aromatic nitrogens is 3. The van der Waals surface area contributed by atoms with Gasteiger partial charge in [0, 0.05) is 24.5 Å². The molecule has 1 aromatic carbocycles. The molecule has 0 saturated heterocycles. The zero-order valence-corrected chi connectivity index (χ0v) is 11.2. The SMILES string of the molecule is COc1ccc2c(c1)nc(N)c1nc(CCCO)[nH]c12. The maximum Gasteiger partial charge on any atom is 0.152 e. The molecule has 3 rings (SSSR count). The lowest BCUT2D eigenvalue weighted by Gasteiger charge is -2.04. The average molecular weight is 272 g/mol. The average Bonchev–Trinajstić information content (AvgIpc) is 2.89. The second-order valence-corrected chi connectivity index (χ2v) is 4.61. The summed E-state index contributed by atoms with van der Waals surface area (Å²) in [5.74, 6) is 1.95. The Hall–Kier alpha value is -2.34. The Balaban J connectivity index is 2.21. The van der Waals surface area contributed by atoms with Crippen LogP contribution in [-0.4, -0.2) is 33.8 Å². The van der Waals surface area contributed by atoms with Crippen LogP contribution in [0.4, 0.5) is 5.82 Å². The summed E-state index contributed by atoms with van der Waals surface area (Å²) in [5.41, 5.74) is 8.30. The van der Waals surface area contributed by atoms with E-state index in [0.29, 0.717) is 24.2 Å². The molecule has 0 spiro atoms. The summed E-state index contributed by atoms with van der Waals surface area (Å²) in [7, 11) is 1.62. The maximum atomic E-state index is 8.89. The molecule has 0 aliphatic carbocycles. The first-order valence-electron chi connectivity index (χ1n) is 6.45. The zero-order chi connectivity index (χ0) is 14.1. The molecular formula is C14H16N4O2. The minimum atomic E-state index is 0.142. The van der Waals surface area contributed by atoms with Gasteiger partial charge in [0.25, 0.3) is 0 Å². The van der Waals surface area contributed by atoms with Crippen LogP contribution in [0.1, 0.15) is 12.2 Å². The van der Waals surface area contributed by atoms with E-state index in [-0.39, 0.29) is 6.61 Å². The van der Waals surface area contributed by atoms with Crippen molar-refractivity contribution in [1.82, 2.24) is 15.0 Å². The third kappa shape index (κ3) is 2.04. The predicted molar refractivity (Wildman–Crippen MR) is 77.8 cm³/mol. The molecule has 0 saturated carbocycles. The van der Waals surface area contributed by atoms with Crippen LogP contribution in [-0.2, 0) is 6.42 Å². The first-order valence-corrected chi connectivity index (χ1v) is 6.45. The van der Waals surface area contributed by atoms with Crippen LogP contribution >= 0.6 is 0 Å². The van der Waals surface area contributed by atoms with Gasteiger partial charge in [0.2, 0.25) is 0 Å². The number of nitrogens with two attached hydrogens (primary N) is 1. The lowest BCUT2D eigenvalue weighted by atomic mass is 10.2. The van der Waals surface area contributed by atoms with Crippen molar-refractivity contribution in [3.05, 3.63) is 24.0 Å². The lowest BCUT2D eigenvalue weighted by Crippen LogP contribution is -1.94. The molecule has 4 N–H and O–H groups in total. The molecule has 0 atom stereocenters.